The summed E-state index contributed by atoms with van der Waals surface area (Å²) in [5.74, 6) is -1.13. The molecule has 0 radical (unpaired) electrons. The van der Waals surface area contributed by atoms with Gasteiger partial charge in [0.1, 0.15) is 11.2 Å². The van der Waals surface area contributed by atoms with Crippen molar-refractivity contribution in [1.82, 2.24) is 0 Å². The SMILES string of the molecule is COCCCOCCC1(C(=O)O)CCCCC1=O. The van der Waals surface area contributed by atoms with Crippen LogP contribution in [-0.2, 0) is 19.1 Å². The first-order valence-electron chi connectivity index (χ1n) is 6.47. The van der Waals surface area contributed by atoms with Crippen LogP contribution >= 0.6 is 0 Å². The molecule has 0 bridgehead atoms. The van der Waals surface area contributed by atoms with Crippen LogP contribution in [0.15, 0.2) is 0 Å². The number of ketones is 1. The van der Waals surface area contributed by atoms with Crippen molar-refractivity contribution in [3.63, 3.8) is 0 Å². The first-order chi connectivity index (χ1) is 8.63. The molecule has 1 aliphatic rings. The lowest BCUT2D eigenvalue weighted by Crippen LogP contribution is -2.42. The van der Waals surface area contributed by atoms with Crippen LogP contribution in [0.4, 0.5) is 0 Å². The summed E-state index contributed by atoms with van der Waals surface area (Å²) in [7, 11) is 1.63. The molecule has 0 amide bonds. The predicted molar refractivity (Wildman–Crippen MR) is 65.5 cm³/mol. The highest BCUT2D eigenvalue weighted by Gasteiger charge is 2.46. The zero-order valence-corrected chi connectivity index (χ0v) is 10.9. The maximum Gasteiger partial charge on any atom is 0.317 e. The highest BCUT2D eigenvalue weighted by molar-refractivity contribution is 6.03. The Kier molecular flexibility index (Phi) is 6.29. The first kappa shape index (κ1) is 15.1. The van der Waals surface area contributed by atoms with E-state index in [9.17, 15) is 14.7 Å². The number of hydrogen-bond donors (Lipinski definition) is 1. The Labute approximate surface area is 107 Å². The standard InChI is InChI=1S/C13H22O5/c1-17-8-4-9-18-10-7-13(12(15)16)6-3-2-5-11(13)14/h2-10H2,1H3,(H,15,16). The minimum absolute atomic E-state index is 0.137. The molecule has 5 heteroatoms. The van der Waals surface area contributed by atoms with Crippen LogP contribution < -0.4 is 0 Å². The Morgan fingerprint density at radius 2 is 2.11 bits per heavy atom. The van der Waals surface area contributed by atoms with Crippen LogP contribution in [0.1, 0.15) is 38.5 Å². The molecule has 1 aliphatic carbocycles. The molecule has 1 saturated carbocycles. The molecule has 0 aromatic rings. The van der Waals surface area contributed by atoms with Gasteiger partial charge in [-0.25, -0.2) is 0 Å². The number of hydrogen-bond acceptors (Lipinski definition) is 4. The molecular formula is C13H22O5. The van der Waals surface area contributed by atoms with E-state index >= 15 is 0 Å². The van der Waals surface area contributed by atoms with Gasteiger partial charge in [0.2, 0.25) is 0 Å². The van der Waals surface area contributed by atoms with Gasteiger partial charge < -0.3 is 14.6 Å². The number of methoxy groups -OCH3 is 1. The lowest BCUT2D eigenvalue weighted by Gasteiger charge is -2.31. The van der Waals surface area contributed by atoms with Crippen LogP contribution in [0.25, 0.3) is 0 Å². The zero-order chi connectivity index (χ0) is 13.4. The van der Waals surface area contributed by atoms with E-state index in [0.29, 0.717) is 32.7 Å². The Bertz CT molecular complexity index is 289. The van der Waals surface area contributed by atoms with Gasteiger partial charge in [0.25, 0.3) is 0 Å². The topological polar surface area (TPSA) is 72.8 Å². The Hall–Kier alpha value is -0.940. The average molecular weight is 258 g/mol. The molecule has 1 N–H and O–H groups in total. The number of aliphatic carboxylic acids is 1. The van der Waals surface area contributed by atoms with E-state index in [1.807, 2.05) is 0 Å². The van der Waals surface area contributed by atoms with Crippen molar-refractivity contribution >= 4 is 11.8 Å². The molecule has 1 atom stereocenters. The number of Topliss-reactive ketones (excluding diaryl/α,β-unsaturated/α-hetero) is 1. The maximum absolute atomic E-state index is 11.9. The first-order valence-corrected chi connectivity index (χ1v) is 6.47. The van der Waals surface area contributed by atoms with Gasteiger partial charge in [-0.05, 0) is 25.7 Å². The molecular weight excluding hydrogens is 236 g/mol. The van der Waals surface area contributed by atoms with Crippen molar-refractivity contribution in [3.05, 3.63) is 0 Å². The summed E-state index contributed by atoms with van der Waals surface area (Å²) in [6.07, 6.45) is 3.52. The van der Waals surface area contributed by atoms with Crippen molar-refractivity contribution in [2.24, 2.45) is 5.41 Å². The van der Waals surface area contributed by atoms with Gasteiger partial charge in [-0.1, -0.05) is 6.42 Å². The molecule has 104 valence electrons. The summed E-state index contributed by atoms with van der Waals surface area (Å²) in [5.41, 5.74) is -1.19. The van der Waals surface area contributed by atoms with Gasteiger partial charge >= 0.3 is 5.97 Å². The molecule has 0 heterocycles. The molecule has 5 nitrogen and oxygen atoms in total. The molecule has 0 aromatic carbocycles. The summed E-state index contributed by atoms with van der Waals surface area (Å²) in [6.45, 7) is 1.49. The third-order valence-electron chi connectivity index (χ3n) is 3.51. The monoisotopic (exact) mass is 258 g/mol. The number of carbonyl (C=O) groups is 2. The fourth-order valence-electron chi connectivity index (χ4n) is 2.34. The Balaban J connectivity index is 2.39. The average Bonchev–Trinajstić information content (AvgIpc) is 2.35. The second-order valence-corrected chi connectivity index (χ2v) is 4.73. The summed E-state index contributed by atoms with van der Waals surface area (Å²) in [5, 5.41) is 9.30. The van der Waals surface area contributed by atoms with E-state index in [4.69, 9.17) is 9.47 Å². The quantitative estimate of drug-likeness (QED) is 0.529. The third kappa shape index (κ3) is 3.78. The molecule has 0 spiro atoms. The second-order valence-electron chi connectivity index (χ2n) is 4.73. The highest BCUT2D eigenvalue weighted by atomic mass is 16.5. The van der Waals surface area contributed by atoms with Gasteiger partial charge in [-0.2, -0.15) is 0 Å². The largest absolute Gasteiger partial charge is 0.480 e. The number of carboxylic acids is 1. The number of carboxylic acid groups (broad SMARTS) is 1. The van der Waals surface area contributed by atoms with Gasteiger partial charge in [0.15, 0.2) is 0 Å². The highest BCUT2D eigenvalue weighted by Crippen LogP contribution is 2.36. The summed E-state index contributed by atoms with van der Waals surface area (Å²) >= 11 is 0. The van der Waals surface area contributed by atoms with E-state index in [1.54, 1.807) is 7.11 Å². The minimum Gasteiger partial charge on any atom is -0.480 e. The normalized spacial score (nSPS) is 24.2. The van der Waals surface area contributed by atoms with Crippen LogP contribution in [0.5, 0.6) is 0 Å². The van der Waals surface area contributed by atoms with Crippen LogP contribution in [0, 0.1) is 5.41 Å². The van der Waals surface area contributed by atoms with E-state index < -0.39 is 11.4 Å². The Morgan fingerprint density at radius 3 is 2.72 bits per heavy atom. The molecule has 0 aromatic heterocycles. The van der Waals surface area contributed by atoms with E-state index in [-0.39, 0.29) is 12.2 Å². The van der Waals surface area contributed by atoms with Crippen molar-refractivity contribution in [3.8, 4) is 0 Å². The van der Waals surface area contributed by atoms with Gasteiger partial charge in [0.05, 0.1) is 0 Å². The molecule has 0 aliphatic heterocycles. The molecule has 1 fully saturated rings. The van der Waals surface area contributed by atoms with Crippen molar-refractivity contribution in [1.29, 1.82) is 0 Å². The van der Waals surface area contributed by atoms with Crippen molar-refractivity contribution < 1.29 is 24.2 Å². The van der Waals surface area contributed by atoms with Crippen LogP contribution in [0.2, 0.25) is 0 Å². The fourth-order valence-corrected chi connectivity index (χ4v) is 2.34. The maximum atomic E-state index is 11.9. The lowest BCUT2D eigenvalue weighted by molar-refractivity contribution is -0.158. The van der Waals surface area contributed by atoms with E-state index in [0.717, 1.165) is 19.3 Å². The zero-order valence-electron chi connectivity index (χ0n) is 10.9. The fraction of sp³-hybridized carbons (Fsp3) is 0.846. The number of carbonyl (C=O) groups excluding carboxylic acids is 1. The van der Waals surface area contributed by atoms with Gasteiger partial charge in [0, 0.05) is 33.4 Å². The second kappa shape index (κ2) is 7.48. The summed E-state index contributed by atoms with van der Waals surface area (Å²) in [6, 6.07) is 0. The van der Waals surface area contributed by atoms with Crippen molar-refractivity contribution in [2.75, 3.05) is 26.9 Å². The van der Waals surface area contributed by atoms with Crippen molar-refractivity contribution in [2.45, 2.75) is 38.5 Å². The number of ether oxygens (including phenoxy) is 2. The molecule has 1 rings (SSSR count). The molecule has 0 saturated heterocycles. The lowest BCUT2D eigenvalue weighted by atomic mass is 9.71. The van der Waals surface area contributed by atoms with Crippen LogP contribution in [-0.4, -0.2) is 43.8 Å². The van der Waals surface area contributed by atoms with E-state index in [1.165, 1.54) is 0 Å². The van der Waals surface area contributed by atoms with Crippen LogP contribution in [0.3, 0.4) is 0 Å². The Morgan fingerprint density at radius 1 is 1.33 bits per heavy atom. The molecule has 18 heavy (non-hydrogen) atoms. The van der Waals surface area contributed by atoms with E-state index in [2.05, 4.69) is 0 Å². The van der Waals surface area contributed by atoms with Gasteiger partial charge in [-0.3, -0.25) is 9.59 Å². The van der Waals surface area contributed by atoms with Gasteiger partial charge in [-0.15, -0.1) is 0 Å². The smallest absolute Gasteiger partial charge is 0.317 e. The summed E-state index contributed by atoms with van der Waals surface area (Å²) in [4.78, 5) is 23.2. The number of rotatable bonds is 8. The predicted octanol–water partition coefficient (Wildman–Crippen LogP) is 1.64. The third-order valence-corrected chi connectivity index (χ3v) is 3.51. The minimum atomic E-state index is -1.19. The summed E-state index contributed by atoms with van der Waals surface area (Å²) < 4.78 is 10.3. The molecule has 1 unspecified atom stereocenters.